The summed E-state index contributed by atoms with van der Waals surface area (Å²) in [5, 5.41) is 9.95. The van der Waals surface area contributed by atoms with Crippen molar-refractivity contribution in [3.63, 3.8) is 0 Å². The molecule has 1 atom stereocenters. The van der Waals surface area contributed by atoms with E-state index in [1.54, 1.807) is 23.0 Å². The van der Waals surface area contributed by atoms with Crippen LogP contribution in [0, 0.1) is 0 Å². The van der Waals surface area contributed by atoms with Gasteiger partial charge in [-0.15, -0.1) is 0 Å². The number of amides is 2. The normalized spacial score (nSPS) is 11.6. The van der Waals surface area contributed by atoms with Gasteiger partial charge in [-0.05, 0) is 49.2 Å². The zero-order valence-corrected chi connectivity index (χ0v) is 15.8. The summed E-state index contributed by atoms with van der Waals surface area (Å²) in [6.45, 7) is 2.38. The Morgan fingerprint density at radius 1 is 1.04 bits per heavy atom. The largest absolute Gasteiger partial charge is 0.356 e. The Hall–Kier alpha value is -3.41. The summed E-state index contributed by atoms with van der Waals surface area (Å²) in [6.07, 6.45) is 4.63. The van der Waals surface area contributed by atoms with E-state index in [0.29, 0.717) is 12.1 Å². The van der Waals surface area contributed by atoms with Gasteiger partial charge in [-0.25, -0.2) is 4.68 Å². The van der Waals surface area contributed by atoms with Crippen LogP contribution < -0.4 is 10.6 Å². The molecule has 28 heavy (non-hydrogen) atoms. The number of nitrogens with zero attached hydrogens (tertiary/aromatic N) is 2. The fraction of sp³-hybridized carbons (Fsp3) is 0.227. The minimum atomic E-state index is -0.235. The first-order valence-corrected chi connectivity index (χ1v) is 9.33. The summed E-state index contributed by atoms with van der Waals surface area (Å²) in [4.78, 5) is 24.2. The molecule has 0 saturated carbocycles. The van der Waals surface area contributed by atoms with Gasteiger partial charge >= 0.3 is 0 Å². The van der Waals surface area contributed by atoms with Gasteiger partial charge in [0.25, 0.3) is 5.91 Å². The fourth-order valence-corrected chi connectivity index (χ4v) is 2.88. The molecule has 0 saturated heterocycles. The molecule has 2 amide bonds. The van der Waals surface area contributed by atoms with Crippen LogP contribution in [0.15, 0.2) is 73.1 Å². The van der Waals surface area contributed by atoms with Crippen LogP contribution in [0.2, 0.25) is 0 Å². The maximum Gasteiger partial charge on any atom is 0.251 e. The average Bonchev–Trinajstić information content (AvgIpc) is 3.24. The quantitative estimate of drug-likeness (QED) is 0.635. The highest BCUT2D eigenvalue weighted by atomic mass is 16.2. The summed E-state index contributed by atoms with van der Waals surface area (Å²) >= 11 is 0. The van der Waals surface area contributed by atoms with Gasteiger partial charge < -0.3 is 10.6 Å². The Labute approximate surface area is 164 Å². The lowest BCUT2D eigenvalue weighted by atomic mass is 10.1. The van der Waals surface area contributed by atoms with Crippen LogP contribution in [0.3, 0.4) is 0 Å². The second-order valence-electron chi connectivity index (χ2n) is 6.66. The van der Waals surface area contributed by atoms with Crippen LogP contribution >= 0.6 is 0 Å². The van der Waals surface area contributed by atoms with Crippen molar-refractivity contribution in [2.45, 2.75) is 25.8 Å². The van der Waals surface area contributed by atoms with Crippen molar-refractivity contribution in [2.75, 3.05) is 6.54 Å². The number of carbonyl (C=O) groups is 2. The molecule has 3 aromatic rings. The molecule has 2 aromatic carbocycles. The number of rotatable bonds is 8. The van der Waals surface area contributed by atoms with E-state index < -0.39 is 0 Å². The minimum absolute atomic E-state index is 0.0750. The van der Waals surface area contributed by atoms with Crippen LogP contribution in [-0.4, -0.2) is 34.2 Å². The van der Waals surface area contributed by atoms with Gasteiger partial charge in [0.2, 0.25) is 5.91 Å². The third kappa shape index (κ3) is 5.54. The number of carbonyl (C=O) groups excluding carboxylic acids is 2. The number of aromatic nitrogens is 2. The second kappa shape index (κ2) is 9.50. The molecular weight excluding hydrogens is 352 g/mol. The molecule has 1 unspecified atom stereocenters. The third-order valence-corrected chi connectivity index (χ3v) is 4.35. The molecule has 0 aliphatic heterocycles. The predicted octanol–water partition coefficient (Wildman–Crippen LogP) is 2.74. The number of nitrogens with one attached hydrogen (secondary N) is 2. The topological polar surface area (TPSA) is 76.0 Å². The molecule has 6 nitrogen and oxygen atoms in total. The van der Waals surface area contributed by atoms with E-state index in [9.17, 15) is 9.59 Å². The summed E-state index contributed by atoms with van der Waals surface area (Å²) in [6, 6.07) is 18.7. The van der Waals surface area contributed by atoms with E-state index >= 15 is 0 Å². The van der Waals surface area contributed by atoms with Crippen molar-refractivity contribution in [1.29, 1.82) is 0 Å². The zero-order valence-electron chi connectivity index (χ0n) is 15.8. The van der Waals surface area contributed by atoms with Gasteiger partial charge in [0, 0.05) is 37.0 Å². The second-order valence-corrected chi connectivity index (χ2v) is 6.66. The SMILES string of the molecule is CC(CC(=O)NCCc1ccc(-n2cccn2)cc1)NC(=O)c1ccccc1. The van der Waals surface area contributed by atoms with Crippen molar-refractivity contribution in [1.82, 2.24) is 20.4 Å². The van der Waals surface area contributed by atoms with E-state index in [4.69, 9.17) is 0 Å². The van der Waals surface area contributed by atoms with Gasteiger partial charge in [-0.2, -0.15) is 5.10 Å². The van der Waals surface area contributed by atoms with Crippen molar-refractivity contribution in [3.8, 4) is 5.69 Å². The van der Waals surface area contributed by atoms with Crippen LogP contribution in [-0.2, 0) is 11.2 Å². The molecule has 6 heteroatoms. The molecule has 0 radical (unpaired) electrons. The molecule has 2 N–H and O–H groups in total. The monoisotopic (exact) mass is 376 g/mol. The Morgan fingerprint density at radius 3 is 2.46 bits per heavy atom. The summed E-state index contributed by atoms with van der Waals surface area (Å²) < 4.78 is 1.80. The molecule has 1 aromatic heterocycles. The van der Waals surface area contributed by atoms with E-state index in [-0.39, 0.29) is 24.3 Å². The molecule has 0 fully saturated rings. The highest BCUT2D eigenvalue weighted by Gasteiger charge is 2.12. The van der Waals surface area contributed by atoms with Crippen molar-refractivity contribution in [2.24, 2.45) is 0 Å². The van der Waals surface area contributed by atoms with E-state index in [1.807, 2.05) is 61.7 Å². The maximum atomic E-state index is 12.1. The molecule has 0 aliphatic rings. The van der Waals surface area contributed by atoms with Gasteiger partial charge in [0.15, 0.2) is 0 Å². The zero-order chi connectivity index (χ0) is 19.8. The van der Waals surface area contributed by atoms with Gasteiger partial charge in [-0.3, -0.25) is 9.59 Å². The van der Waals surface area contributed by atoms with Crippen LogP contribution in [0.5, 0.6) is 0 Å². The average molecular weight is 376 g/mol. The van der Waals surface area contributed by atoms with E-state index in [2.05, 4.69) is 15.7 Å². The van der Waals surface area contributed by atoms with Crippen molar-refractivity contribution < 1.29 is 9.59 Å². The number of hydrogen-bond acceptors (Lipinski definition) is 3. The van der Waals surface area contributed by atoms with Gasteiger partial charge in [0.05, 0.1) is 5.69 Å². The molecule has 0 aliphatic carbocycles. The molecule has 3 rings (SSSR count). The maximum absolute atomic E-state index is 12.1. The van der Waals surface area contributed by atoms with Crippen LogP contribution in [0.25, 0.3) is 5.69 Å². The standard InChI is InChI=1S/C22H24N4O2/c1-17(25-22(28)19-6-3-2-4-7-19)16-21(27)23-14-12-18-8-10-20(11-9-18)26-15-5-13-24-26/h2-11,13,15,17H,12,14,16H2,1H3,(H,23,27)(H,25,28). The van der Waals surface area contributed by atoms with Crippen molar-refractivity contribution in [3.05, 3.63) is 84.2 Å². The van der Waals surface area contributed by atoms with Crippen LogP contribution in [0.1, 0.15) is 29.3 Å². The number of hydrogen-bond donors (Lipinski definition) is 2. The van der Waals surface area contributed by atoms with Crippen LogP contribution in [0.4, 0.5) is 0 Å². The van der Waals surface area contributed by atoms with Crippen molar-refractivity contribution >= 4 is 11.8 Å². The third-order valence-electron chi connectivity index (χ3n) is 4.35. The first kappa shape index (κ1) is 19.4. The molecule has 1 heterocycles. The van der Waals surface area contributed by atoms with Gasteiger partial charge in [-0.1, -0.05) is 30.3 Å². The Balaban J connectivity index is 1.39. The van der Waals surface area contributed by atoms with Gasteiger partial charge in [0.1, 0.15) is 0 Å². The Morgan fingerprint density at radius 2 is 1.79 bits per heavy atom. The van der Waals surface area contributed by atoms with E-state index in [0.717, 1.165) is 17.7 Å². The molecule has 144 valence electrons. The summed E-state index contributed by atoms with van der Waals surface area (Å²) in [7, 11) is 0. The summed E-state index contributed by atoms with van der Waals surface area (Å²) in [5.74, 6) is -0.243. The highest BCUT2D eigenvalue weighted by Crippen LogP contribution is 2.09. The minimum Gasteiger partial charge on any atom is -0.356 e. The van der Waals surface area contributed by atoms with E-state index in [1.165, 1.54) is 0 Å². The smallest absolute Gasteiger partial charge is 0.251 e. The first-order valence-electron chi connectivity index (χ1n) is 9.33. The molecule has 0 bridgehead atoms. The number of benzene rings is 2. The fourth-order valence-electron chi connectivity index (χ4n) is 2.88. The molecule has 0 spiro atoms. The Kier molecular flexibility index (Phi) is 6.57. The lowest BCUT2D eigenvalue weighted by Crippen LogP contribution is -2.37. The first-order chi connectivity index (χ1) is 13.6. The lowest BCUT2D eigenvalue weighted by Gasteiger charge is -2.14. The predicted molar refractivity (Wildman–Crippen MR) is 108 cm³/mol. The highest BCUT2D eigenvalue weighted by molar-refractivity contribution is 5.94. The molecular formula is C22H24N4O2. The Bertz CT molecular complexity index is 890. The summed E-state index contributed by atoms with van der Waals surface area (Å²) in [5.41, 5.74) is 2.73. The lowest BCUT2D eigenvalue weighted by molar-refractivity contribution is -0.121.